The molecule has 0 nitrogen and oxygen atoms in total. The quantitative estimate of drug-likeness (QED) is 0.0347. The maximum Gasteiger partial charge on any atom is 0.0481 e. The van der Waals surface area contributed by atoms with Gasteiger partial charge in [-0.3, -0.25) is 0 Å². The lowest BCUT2D eigenvalue weighted by Gasteiger charge is -2.03. The summed E-state index contributed by atoms with van der Waals surface area (Å²) >= 11 is 16.0. The minimum absolute atomic E-state index is 1.17. The van der Waals surface area contributed by atoms with Gasteiger partial charge < -0.3 is 0 Å². The van der Waals surface area contributed by atoms with E-state index in [1.54, 1.807) is 16.7 Å². The fraction of sp³-hybridized carbons (Fsp3) is 0.500. The molecule has 8 heteroatoms. The van der Waals surface area contributed by atoms with E-state index in [9.17, 15) is 0 Å². The minimum atomic E-state index is 1.17. The first-order valence-electron chi connectivity index (χ1n) is 28.4. The Morgan fingerprint density at radius 3 is 1.14 bits per heavy atom. The first-order chi connectivity index (χ1) is 35.5. The highest BCUT2D eigenvalue weighted by molar-refractivity contribution is 7.31. The molecular formula is C64H82S8. The molecule has 0 spiro atoms. The topological polar surface area (TPSA) is 0 Å². The number of rotatable bonds is 35. The fourth-order valence-electron chi connectivity index (χ4n) is 10.1. The van der Waals surface area contributed by atoms with Crippen molar-refractivity contribution in [2.24, 2.45) is 0 Å². The molecule has 0 saturated carbocycles. The van der Waals surface area contributed by atoms with Crippen LogP contribution >= 0.6 is 90.7 Å². The number of hydrogen-bond acceptors (Lipinski definition) is 8. The molecule has 0 bridgehead atoms. The van der Waals surface area contributed by atoms with Crippen molar-refractivity contribution in [2.45, 2.75) is 207 Å². The predicted molar refractivity (Wildman–Crippen MR) is 336 cm³/mol. The van der Waals surface area contributed by atoms with Crippen molar-refractivity contribution in [2.75, 3.05) is 0 Å². The molecule has 8 rings (SSSR count). The van der Waals surface area contributed by atoms with Crippen LogP contribution in [0.2, 0.25) is 0 Å². The molecule has 8 heterocycles. The molecule has 0 fully saturated rings. The van der Waals surface area contributed by atoms with Crippen molar-refractivity contribution < 1.29 is 0 Å². The van der Waals surface area contributed by atoms with Gasteiger partial charge in [-0.05, 0) is 157 Å². The second-order valence-corrected chi connectivity index (χ2v) is 28.5. The lowest BCUT2D eigenvalue weighted by molar-refractivity contribution is 0.608. The summed E-state index contributed by atoms with van der Waals surface area (Å²) in [5, 5.41) is 4.72. The summed E-state index contributed by atoms with van der Waals surface area (Å²) in [6.07, 6.45) is 37.0. The first kappa shape index (κ1) is 55.8. The van der Waals surface area contributed by atoms with Crippen LogP contribution in [0.15, 0.2) is 83.6 Å². The molecule has 0 aliphatic rings. The zero-order valence-electron chi connectivity index (χ0n) is 44.1. The van der Waals surface area contributed by atoms with Crippen LogP contribution in [0.4, 0.5) is 0 Å². The molecule has 0 unspecified atom stereocenters. The van der Waals surface area contributed by atoms with Gasteiger partial charge in [-0.15, -0.1) is 90.7 Å². The fourth-order valence-corrected chi connectivity index (χ4v) is 19.2. The number of thiophene rings is 8. The lowest BCUT2D eigenvalue weighted by atomic mass is 10.0. The Kier molecular flexibility index (Phi) is 23.5. The van der Waals surface area contributed by atoms with E-state index < -0.39 is 0 Å². The third-order valence-corrected chi connectivity index (χ3v) is 24.3. The number of aryl methyl sites for hydroxylation is 4. The van der Waals surface area contributed by atoms with Crippen molar-refractivity contribution in [1.82, 2.24) is 0 Å². The molecule has 0 aliphatic carbocycles. The normalized spacial score (nSPS) is 11.8. The van der Waals surface area contributed by atoms with E-state index in [0.717, 1.165) is 0 Å². The summed E-state index contributed by atoms with van der Waals surface area (Å²) in [6.45, 7) is 9.26. The molecule has 0 amide bonds. The van der Waals surface area contributed by atoms with Crippen molar-refractivity contribution in [1.29, 1.82) is 0 Å². The third-order valence-electron chi connectivity index (χ3n) is 14.3. The lowest BCUT2D eigenvalue weighted by Crippen LogP contribution is -1.87. The maximum absolute atomic E-state index is 2.63. The Balaban J connectivity index is 1.02. The van der Waals surface area contributed by atoms with Gasteiger partial charge in [0.2, 0.25) is 0 Å². The SMILES string of the molecule is CCCCCCCCc1csc(-c2ccc(-c3ccc(-c4sc(-c5sc(-c6ccc(-c7ccc(-c8sccc8CCCCCCCC)s7)s6)cc5CCCCCCCC)cc4CCCCCCCC)s3)s2)c1. The van der Waals surface area contributed by atoms with Crippen LogP contribution in [0.25, 0.3) is 68.3 Å². The molecule has 72 heavy (non-hydrogen) atoms. The Bertz CT molecular complexity index is 2740. The summed E-state index contributed by atoms with van der Waals surface area (Å²) in [5.74, 6) is 0. The van der Waals surface area contributed by atoms with Gasteiger partial charge in [-0.25, -0.2) is 0 Å². The summed E-state index contributed by atoms with van der Waals surface area (Å²) in [5.41, 5.74) is 6.20. The largest absolute Gasteiger partial charge is 0.143 e. The van der Waals surface area contributed by atoms with E-state index >= 15 is 0 Å². The van der Waals surface area contributed by atoms with Crippen molar-refractivity contribution in [3.05, 3.63) is 106 Å². The smallest absolute Gasteiger partial charge is 0.0481 e. The van der Waals surface area contributed by atoms with E-state index in [1.165, 1.54) is 254 Å². The molecule has 8 aromatic rings. The van der Waals surface area contributed by atoms with E-state index in [-0.39, 0.29) is 0 Å². The second-order valence-electron chi connectivity index (χ2n) is 20.3. The van der Waals surface area contributed by atoms with Crippen LogP contribution in [-0.2, 0) is 25.7 Å². The summed E-state index contributed by atoms with van der Waals surface area (Å²) in [7, 11) is 0. The van der Waals surface area contributed by atoms with Crippen LogP contribution in [0.3, 0.4) is 0 Å². The van der Waals surface area contributed by atoms with Gasteiger partial charge in [0, 0.05) is 68.3 Å². The molecule has 386 valence electrons. The van der Waals surface area contributed by atoms with Crippen LogP contribution in [-0.4, -0.2) is 0 Å². The summed E-state index contributed by atoms with van der Waals surface area (Å²) in [6, 6.07) is 29.3. The van der Waals surface area contributed by atoms with Gasteiger partial charge in [0.1, 0.15) is 0 Å². The van der Waals surface area contributed by atoms with Crippen LogP contribution in [0.5, 0.6) is 0 Å². The van der Waals surface area contributed by atoms with Crippen LogP contribution in [0, 0.1) is 0 Å². The number of hydrogen-bond donors (Lipinski definition) is 0. The highest BCUT2D eigenvalue weighted by Gasteiger charge is 2.21. The predicted octanol–water partition coefficient (Wildman–Crippen LogP) is 25.5. The van der Waals surface area contributed by atoms with E-state index in [0.29, 0.717) is 0 Å². The van der Waals surface area contributed by atoms with Gasteiger partial charge in [-0.1, -0.05) is 156 Å². The average molecular weight is 1110 g/mol. The second kappa shape index (κ2) is 30.4. The van der Waals surface area contributed by atoms with E-state index in [4.69, 9.17) is 0 Å². The molecule has 0 N–H and O–H groups in total. The van der Waals surface area contributed by atoms with E-state index in [2.05, 4.69) is 134 Å². The van der Waals surface area contributed by atoms with Gasteiger partial charge in [0.25, 0.3) is 0 Å². The Hall–Kier alpha value is -2.40. The zero-order chi connectivity index (χ0) is 49.7. The van der Waals surface area contributed by atoms with Crippen LogP contribution < -0.4 is 0 Å². The zero-order valence-corrected chi connectivity index (χ0v) is 50.7. The Labute approximate surface area is 468 Å². The standard InChI is InChI=1S/C64H82S8/c1-5-9-13-17-21-25-29-47-43-59(66-46-47)55-35-33-51(67-55)54-38-40-58(70-54)63-50(32-28-24-20-16-12-8-4)45-61(72-63)64-49(31-27-23-19-15-11-7-3)44-60(71-64)56-36-34-52(68-56)53-37-39-57(69-53)62-48(41-42-65-62)30-26-22-18-14-10-6-2/h33-46H,5-32H2,1-4H3. The van der Waals surface area contributed by atoms with E-state index in [1.807, 2.05) is 68.0 Å². The third kappa shape index (κ3) is 16.1. The Morgan fingerprint density at radius 1 is 0.264 bits per heavy atom. The molecule has 0 saturated heterocycles. The molecule has 0 aromatic carbocycles. The van der Waals surface area contributed by atoms with Crippen molar-refractivity contribution in [3.63, 3.8) is 0 Å². The monoisotopic (exact) mass is 1110 g/mol. The number of unbranched alkanes of at least 4 members (excludes halogenated alkanes) is 20. The van der Waals surface area contributed by atoms with Crippen molar-refractivity contribution >= 4 is 90.7 Å². The minimum Gasteiger partial charge on any atom is -0.143 e. The molecule has 0 aliphatic heterocycles. The molecule has 8 aromatic heterocycles. The first-order valence-corrected chi connectivity index (χ1v) is 35.0. The summed E-state index contributed by atoms with van der Waals surface area (Å²) in [4.78, 5) is 20.2. The van der Waals surface area contributed by atoms with Gasteiger partial charge >= 0.3 is 0 Å². The average Bonchev–Trinajstić information content (AvgIpc) is 4.24. The highest BCUT2D eigenvalue weighted by Crippen LogP contribution is 2.50. The Morgan fingerprint density at radius 2 is 0.625 bits per heavy atom. The molecular weight excluding hydrogens is 1030 g/mol. The molecule has 0 radical (unpaired) electrons. The van der Waals surface area contributed by atoms with Gasteiger partial charge in [0.15, 0.2) is 0 Å². The van der Waals surface area contributed by atoms with Crippen molar-refractivity contribution in [3.8, 4) is 68.3 Å². The molecule has 0 atom stereocenters. The van der Waals surface area contributed by atoms with Gasteiger partial charge in [0.05, 0.1) is 0 Å². The van der Waals surface area contributed by atoms with Gasteiger partial charge in [-0.2, -0.15) is 0 Å². The summed E-state index contributed by atoms with van der Waals surface area (Å²) < 4.78 is 0. The maximum atomic E-state index is 2.63. The van der Waals surface area contributed by atoms with Crippen LogP contribution in [0.1, 0.15) is 204 Å². The highest BCUT2D eigenvalue weighted by atomic mass is 32.1.